The summed E-state index contributed by atoms with van der Waals surface area (Å²) in [6.07, 6.45) is 6.08. The molecule has 5 heteroatoms. The minimum absolute atomic E-state index is 0. The smallest absolute Gasteiger partial charge is 0.386 e. The van der Waals surface area contributed by atoms with Crippen LogP contribution in [0.1, 0.15) is 34.1 Å². The third-order valence-corrected chi connectivity index (χ3v) is 5.06. The molecule has 3 nitrogen and oxygen atoms in total. The molecular formula is C15H30O3PtSi. The van der Waals surface area contributed by atoms with Crippen LogP contribution in [0.5, 0.6) is 0 Å². The average molecular weight is 482 g/mol. The first-order valence-corrected chi connectivity index (χ1v) is 7.98. The molecule has 1 aliphatic carbocycles. The molecule has 0 aliphatic heterocycles. The topological polar surface area (TPSA) is 27.7 Å². The summed E-state index contributed by atoms with van der Waals surface area (Å²) in [4.78, 5) is 0. The summed E-state index contributed by atoms with van der Waals surface area (Å²) in [7, 11) is 2.26. The van der Waals surface area contributed by atoms with Gasteiger partial charge in [0.15, 0.2) is 0 Å². The molecule has 0 heterocycles. The molecular weight excluding hydrogens is 451 g/mol. The van der Waals surface area contributed by atoms with E-state index < -0.39 is 8.80 Å². The zero-order valence-electron chi connectivity index (χ0n) is 13.9. The minimum atomic E-state index is -2.59. The van der Waals surface area contributed by atoms with Crippen molar-refractivity contribution in [1.29, 1.82) is 0 Å². The molecule has 0 atom stereocenters. The first kappa shape index (κ1) is 28.4. The maximum atomic E-state index is 5.36. The second-order valence-corrected chi connectivity index (χ2v) is 5.67. The van der Waals surface area contributed by atoms with Crippen LogP contribution in [-0.2, 0) is 34.3 Å². The van der Waals surface area contributed by atoms with Gasteiger partial charge in [0, 0.05) is 21.3 Å². The van der Waals surface area contributed by atoms with Crippen molar-refractivity contribution in [2.24, 2.45) is 0 Å². The monoisotopic (exact) mass is 481 g/mol. The van der Waals surface area contributed by atoms with Crippen LogP contribution in [0.2, 0.25) is 0 Å². The van der Waals surface area contributed by atoms with E-state index in [4.69, 9.17) is 13.3 Å². The molecule has 0 saturated heterocycles. The van der Waals surface area contributed by atoms with E-state index in [1.54, 1.807) is 42.1 Å². The molecule has 0 amide bonds. The van der Waals surface area contributed by atoms with Crippen molar-refractivity contribution in [3.8, 4) is 0 Å². The second kappa shape index (κ2) is 19.3. The summed E-state index contributed by atoms with van der Waals surface area (Å²) in [5.41, 5.74) is 1.08. The van der Waals surface area contributed by atoms with E-state index in [1.165, 1.54) is 0 Å². The Labute approximate surface area is 142 Å². The predicted octanol–water partition coefficient (Wildman–Crippen LogP) is 4.00. The molecule has 122 valence electrons. The minimum Gasteiger partial charge on any atom is -0.386 e. The molecule has 1 rings (SSSR count). The van der Waals surface area contributed by atoms with E-state index in [-0.39, 0.29) is 21.1 Å². The normalized spacial score (nSPS) is 12.1. The fourth-order valence-corrected chi connectivity index (χ4v) is 3.55. The zero-order chi connectivity index (χ0) is 15.9. The summed E-state index contributed by atoms with van der Waals surface area (Å²) >= 11 is 0. The molecule has 0 fully saturated rings. The number of hydrogen-bond donors (Lipinski definition) is 0. The van der Waals surface area contributed by atoms with Gasteiger partial charge >= 0.3 is 29.9 Å². The first-order valence-electron chi connectivity index (χ1n) is 6.26. The summed E-state index contributed by atoms with van der Waals surface area (Å²) in [5.74, 6) is 0. The molecule has 0 aromatic heterocycles. The second-order valence-electron chi connectivity index (χ2n) is 2.79. The van der Waals surface area contributed by atoms with Gasteiger partial charge in [-0.15, -0.1) is 11.6 Å². The fraction of sp³-hybridized carbons (Fsp3) is 0.533. The van der Waals surface area contributed by atoms with Gasteiger partial charge in [0.25, 0.3) is 0 Å². The van der Waals surface area contributed by atoms with E-state index in [2.05, 4.69) is 32.9 Å². The molecule has 0 aromatic rings. The van der Waals surface area contributed by atoms with Crippen LogP contribution >= 0.6 is 0 Å². The average Bonchev–Trinajstić information content (AvgIpc) is 2.95. The van der Waals surface area contributed by atoms with Gasteiger partial charge < -0.3 is 34.0 Å². The van der Waals surface area contributed by atoms with Gasteiger partial charge in [-0.1, -0.05) is 6.92 Å². The van der Waals surface area contributed by atoms with E-state index in [0.29, 0.717) is 0 Å². The van der Waals surface area contributed by atoms with Crippen molar-refractivity contribution < 1.29 is 34.3 Å². The number of rotatable bonds is 4. The SMILES string of the molecule is CO[Si](OC)(OC)C1=CC[C-]=C1C.[CH2-]C.[CH2-]C.[CH2-]C.[Pt+4]. The van der Waals surface area contributed by atoms with Crippen molar-refractivity contribution >= 4 is 8.80 Å². The van der Waals surface area contributed by atoms with Crippen molar-refractivity contribution in [1.82, 2.24) is 0 Å². The van der Waals surface area contributed by atoms with Crippen molar-refractivity contribution in [2.75, 3.05) is 21.3 Å². The van der Waals surface area contributed by atoms with Crippen LogP contribution in [0.15, 0.2) is 16.8 Å². The van der Waals surface area contributed by atoms with Gasteiger partial charge in [0.05, 0.1) is 0 Å². The largest absolute Gasteiger partial charge is 4.00 e. The number of hydrogen-bond acceptors (Lipinski definition) is 3. The Morgan fingerprint density at radius 1 is 0.950 bits per heavy atom. The van der Waals surface area contributed by atoms with Crippen LogP contribution < -0.4 is 0 Å². The Bertz CT molecular complexity index is 241. The maximum Gasteiger partial charge on any atom is 4.00 e. The molecule has 0 unspecified atom stereocenters. The zero-order valence-corrected chi connectivity index (χ0v) is 17.2. The van der Waals surface area contributed by atoms with Gasteiger partial charge in [-0.05, 0) is 0 Å². The van der Waals surface area contributed by atoms with E-state index in [0.717, 1.165) is 17.2 Å². The molecule has 1 aliphatic rings. The summed E-state index contributed by atoms with van der Waals surface area (Å²) in [6.45, 7) is 17.0. The molecule has 0 aromatic carbocycles. The van der Waals surface area contributed by atoms with Gasteiger partial charge in [0.1, 0.15) is 0 Å². The molecule has 0 spiro atoms. The molecule has 0 bridgehead atoms. The van der Waals surface area contributed by atoms with Gasteiger partial charge in [-0.25, -0.2) is 5.57 Å². The van der Waals surface area contributed by atoms with E-state index in [9.17, 15) is 0 Å². The van der Waals surface area contributed by atoms with Crippen molar-refractivity contribution in [3.63, 3.8) is 0 Å². The fourth-order valence-electron chi connectivity index (χ4n) is 1.49. The molecule has 0 N–H and O–H groups in total. The summed E-state index contributed by atoms with van der Waals surface area (Å²) in [5, 5.41) is 1.04. The quantitative estimate of drug-likeness (QED) is 0.449. The van der Waals surface area contributed by atoms with Crippen molar-refractivity contribution in [3.05, 3.63) is 43.7 Å². The first-order chi connectivity index (χ1) is 9.20. The van der Waals surface area contributed by atoms with E-state index in [1.807, 2.05) is 6.92 Å². The van der Waals surface area contributed by atoms with E-state index >= 15 is 0 Å². The third kappa shape index (κ3) is 8.53. The Morgan fingerprint density at radius 3 is 1.50 bits per heavy atom. The Morgan fingerprint density at radius 2 is 1.30 bits per heavy atom. The molecule has 20 heavy (non-hydrogen) atoms. The van der Waals surface area contributed by atoms with Gasteiger partial charge in [-0.2, -0.15) is 26.8 Å². The maximum absolute atomic E-state index is 5.36. The Kier molecular flexibility index (Phi) is 27.4. The Balaban J connectivity index is -0.000000162. The predicted molar refractivity (Wildman–Crippen MR) is 85.0 cm³/mol. The van der Waals surface area contributed by atoms with Gasteiger partial charge in [-0.3, -0.25) is 6.08 Å². The summed E-state index contributed by atoms with van der Waals surface area (Å²) < 4.78 is 16.1. The van der Waals surface area contributed by atoms with Crippen molar-refractivity contribution in [2.45, 2.75) is 34.1 Å². The van der Waals surface area contributed by atoms with Crippen LogP contribution in [-0.4, -0.2) is 30.1 Å². The Hall–Kier alpha value is 0.265. The standard InChI is InChI=1S/C9H15O3Si.3C2H5.Pt/c1-8-6-5-7-9(8)13(10-2,11-3)12-4;3*1-2;/h7H,5H2,1-4H3;3*1H2,2H3;/q4*-1;+4. The molecule has 0 radical (unpaired) electrons. The molecule has 0 saturated carbocycles. The third-order valence-electron chi connectivity index (χ3n) is 2.21. The number of allylic oxidation sites excluding steroid dienone is 4. The van der Waals surface area contributed by atoms with Gasteiger partial charge in [0.2, 0.25) is 0 Å². The van der Waals surface area contributed by atoms with Crippen LogP contribution in [0.3, 0.4) is 0 Å². The van der Waals surface area contributed by atoms with Crippen LogP contribution in [0.4, 0.5) is 0 Å². The van der Waals surface area contributed by atoms with Crippen LogP contribution in [0, 0.1) is 26.8 Å². The van der Waals surface area contributed by atoms with Crippen LogP contribution in [0.25, 0.3) is 0 Å². The summed E-state index contributed by atoms with van der Waals surface area (Å²) in [6, 6.07) is 0.